The standard InChI is InChI=1S/C16H25BrN2O/c1-12(2)10-18-5-6-19(3)11-14-9-15(17)8-13-4-7-20-16(13)14/h8-9,12,18H,4-7,10-11H2,1-3H3. The molecule has 0 radical (unpaired) electrons. The number of likely N-dealkylation sites (N-methyl/N-ethyl adjacent to an activating group) is 1. The fourth-order valence-electron chi connectivity index (χ4n) is 2.49. The minimum Gasteiger partial charge on any atom is -0.493 e. The molecule has 0 bridgehead atoms. The summed E-state index contributed by atoms with van der Waals surface area (Å²) in [5.41, 5.74) is 2.62. The molecule has 112 valence electrons. The van der Waals surface area contributed by atoms with Gasteiger partial charge in [-0.25, -0.2) is 0 Å². The largest absolute Gasteiger partial charge is 0.493 e. The van der Waals surface area contributed by atoms with Crippen molar-refractivity contribution >= 4 is 15.9 Å². The summed E-state index contributed by atoms with van der Waals surface area (Å²) in [6.07, 6.45) is 1.03. The van der Waals surface area contributed by atoms with Crippen LogP contribution < -0.4 is 10.1 Å². The number of ether oxygens (including phenoxy) is 1. The van der Waals surface area contributed by atoms with Gasteiger partial charge in [-0.1, -0.05) is 29.8 Å². The summed E-state index contributed by atoms with van der Waals surface area (Å²) in [4.78, 5) is 2.34. The first-order chi connectivity index (χ1) is 9.56. The molecule has 0 unspecified atom stereocenters. The van der Waals surface area contributed by atoms with Crippen LogP contribution in [0.2, 0.25) is 0 Å². The molecule has 0 spiro atoms. The molecule has 1 heterocycles. The van der Waals surface area contributed by atoms with E-state index in [1.807, 2.05) is 0 Å². The molecule has 1 aromatic carbocycles. The molecule has 0 atom stereocenters. The second-order valence-corrected chi connectivity index (χ2v) is 6.90. The fraction of sp³-hybridized carbons (Fsp3) is 0.625. The predicted molar refractivity (Wildman–Crippen MR) is 87.4 cm³/mol. The van der Waals surface area contributed by atoms with Crippen molar-refractivity contribution in [3.05, 3.63) is 27.7 Å². The number of hydrogen-bond acceptors (Lipinski definition) is 3. The van der Waals surface area contributed by atoms with Crippen LogP contribution in [0, 0.1) is 5.92 Å². The lowest BCUT2D eigenvalue weighted by Crippen LogP contribution is -2.30. The number of fused-ring (bicyclic) bond motifs is 1. The summed E-state index contributed by atoms with van der Waals surface area (Å²) >= 11 is 3.60. The number of nitrogens with one attached hydrogen (secondary N) is 1. The number of hydrogen-bond donors (Lipinski definition) is 1. The van der Waals surface area contributed by atoms with E-state index in [1.54, 1.807) is 0 Å². The van der Waals surface area contributed by atoms with E-state index in [-0.39, 0.29) is 0 Å². The van der Waals surface area contributed by atoms with E-state index in [0.29, 0.717) is 5.92 Å². The average molecular weight is 341 g/mol. The Labute approximate surface area is 130 Å². The lowest BCUT2D eigenvalue weighted by molar-refractivity contribution is 0.307. The zero-order chi connectivity index (χ0) is 14.5. The third kappa shape index (κ3) is 4.47. The highest BCUT2D eigenvalue weighted by Gasteiger charge is 2.18. The maximum Gasteiger partial charge on any atom is 0.127 e. The van der Waals surface area contributed by atoms with Crippen LogP contribution in [-0.4, -0.2) is 38.2 Å². The normalized spacial score (nSPS) is 13.9. The van der Waals surface area contributed by atoms with E-state index in [9.17, 15) is 0 Å². The van der Waals surface area contributed by atoms with Crippen molar-refractivity contribution in [2.24, 2.45) is 5.92 Å². The molecule has 0 aliphatic carbocycles. The molecule has 0 amide bonds. The Morgan fingerprint density at radius 3 is 2.95 bits per heavy atom. The van der Waals surface area contributed by atoms with Crippen molar-refractivity contribution in [2.45, 2.75) is 26.8 Å². The van der Waals surface area contributed by atoms with Gasteiger partial charge >= 0.3 is 0 Å². The Kier molecular flexibility index (Phi) is 5.87. The molecule has 0 saturated carbocycles. The summed E-state index contributed by atoms with van der Waals surface area (Å²) < 4.78 is 6.94. The van der Waals surface area contributed by atoms with Crippen LogP contribution in [0.25, 0.3) is 0 Å². The van der Waals surface area contributed by atoms with E-state index in [1.165, 1.54) is 11.1 Å². The number of halogens is 1. The third-order valence-electron chi connectivity index (χ3n) is 3.49. The highest BCUT2D eigenvalue weighted by molar-refractivity contribution is 9.10. The summed E-state index contributed by atoms with van der Waals surface area (Å²) in [6.45, 7) is 9.39. The maximum absolute atomic E-state index is 5.78. The first kappa shape index (κ1) is 15.8. The zero-order valence-electron chi connectivity index (χ0n) is 12.7. The SMILES string of the molecule is CC(C)CNCCN(C)Cc1cc(Br)cc2c1OCC2. The quantitative estimate of drug-likeness (QED) is 0.772. The topological polar surface area (TPSA) is 24.5 Å². The molecule has 1 aliphatic heterocycles. The summed E-state index contributed by atoms with van der Waals surface area (Å²) in [6, 6.07) is 4.36. The van der Waals surface area contributed by atoms with Gasteiger partial charge in [0.05, 0.1) is 6.61 Å². The molecule has 20 heavy (non-hydrogen) atoms. The lowest BCUT2D eigenvalue weighted by atomic mass is 10.1. The van der Waals surface area contributed by atoms with E-state index >= 15 is 0 Å². The average Bonchev–Trinajstić information content (AvgIpc) is 2.82. The molecule has 0 saturated heterocycles. The number of benzene rings is 1. The van der Waals surface area contributed by atoms with Crippen molar-refractivity contribution < 1.29 is 4.74 Å². The van der Waals surface area contributed by atoms with Gasteiger partial charge < -0.3 is 15.0 Å². The Balaban J connectivity index is 1.87. The van der Waals surface area contributed by atoms with Crippen molar-refractivity contribution in [1.82, 2.24) is 10.2 Å². The predicted octanol–water partition coefficient (Wildman–Crippen LogP) is 3.06. The Hall–Kier alpha value is -0.580. The van der Waals surface area contributed by atoms with Gasteiger partial charge in [0.2, 0.25) is 0 Å². The van der Waals surface area contributed by atoms with Gasteiger partial charge in [0.25, 0.3) is 0 Å². The second-order valence-electron chi connectivity index (χ2n) is 5.99. The molecule has 0 fully saturated rings. The van der Waals surface area contributed by atoms with Gasteiger partial charge in [0.1, 0.15) is 5.75 Å². The summed E-state index contributed by atoms with van der Waals surface area (Å²) in [7, 11) is 2.17. The number of nitrogens with zero attached hydrogens (tertiary/aromatic N) is 1. The van der Waals surface area contributed by atoms with Gasteiger partial charge in [0.15, 0.2) is 0 Å². The van der Waals surface area contributed by atoms with Gasteiger partial charge in [-0.15, -0.1) is 0 Å². The van der Waals surface area contributed by atoms with Crippen LogP contribution in [0.4, 0.5) is 0 Å². The Morgan fingerprint density at radius 2 is 2.20 bits per heavy atom. The van der Waals surface area contributed by atoms with Crippen molar-refractivity contribution in [3.8, 4) is 5.75 Å². The van der Waals surface area contributed by atoms with Crippen LogP contribution in [-0.2, 0) is 13.0 Å². The lowest BCUT2D eigenvalue weighted by Gasteiger charge is -2.19. The third-order valence-corrected chi connectivity index (χ3v) is 3.95. The molecule has 4 heteroatoms. The smallest absolute Gasteiger partial charge is 0.127 e. The Morgan fingerprint density at radius 1 is 1.40 bits per heavy atom. The molecule has 1 aliphatic rings. The Bertz CT molecular complexity index is 448. The molecular formula is C16H25BrN2O. The second kappa shape index (κ2) is 7.43. The minimum atomic E-state index is 0.710. The molecule has 1 aromatic rings. The van der Waals surface area contributed by atoms with Crippen molar-refractivity contribution in [3.63, 3.8) is 0 Å². The van der Waals surface area contributed by atoms with Crippen LogP contribution in [0.5, 0.6) is 5.75 Å². The molecule has 0 aromatic heterocycles. The van der Waals surface area contributed by atoms with Crippen molar-refractivity contribution in [1.29, 1.82) is 0 Å². The monoisotopic (exact) mass is 340 g/mol. The highest BCUT2D eigenvalue weighted by Crippen LogP contribution is 2.33. The molecular weight excluding hydrogens is 316 g/mol. The first-order valence-electron chi connectivity index (χ1n) is 7.39. The zero-order valence-corrected chi connectivity index (χ0v) is 14.3. The highest BCUT2D eigenvalue weighted by atomic mass is 79.9. The summed E-state index contributed by atoms with van der Waals surface area (Å²) in [5, 5.41) is 3.48. The van der Waals surface area contributed by atoms with E-state index in [2.05, 4.69) is 59.2 Å². The molecule has 1 N–H and O–H groups in total. The van der Waals surface area contributed by atoms with Gasteiger partial charge in [-0.05, 0) is 37.2 Å². The van der Waals surface area contributed by atoms with E-state index in [0.717, 1.165) is 49.4 Å². The molecule has 3 nitrogen and oxygen atoms in total. The minimum absolute atomic E-state index is 0.710. The van der Waals surface area contributed by atoms with E-state index in [4.69, 9.17) is 4.74 Å². The first-order valence-corrected chi connectivity index (χ1v) is 8.19. The van der Waals surface area contributed by atoms with Crippen LogP contribution >= 0.6 is 15.9 Å². The maximum atomic E-state index is 5.78. The van der Waals surface area contributed by atoms with Crippen molar-refractivity contribution in [2.75, 3.05) is 33.3 Å². The fourth-order valence-corrected chi connectivity index (χ4v) is 3.05. The van der Waals surface area contributed by atoms with Crippen LogP contribution in [0.15, 0.2) is 16.6 Å². The van der Waals surface area contributed by atoms with E-state index < -0.39 is 0 Å². The summed E-state index contributed by atoms with van der Waals surface area (Å²) in [5.74, 6) is 1.82. The van der Waals surface area contributed by atoms with Gasteiger partial charge in [-0.2, -0.15) is 0 Å². The van der Waals surface area contributed by atoms with Crippen LogP contribution in [0.1, 0.15) is 25.0 Å². The number of rotatable bonds is 7. The van der Waals surface area contributed by atoms with Gasteiger partial charge in [-0.3, -0.25) is 0 Å². The van der Waals surface area contributed by atoms with Crippen LogP contribution in [0.3, 0.4) is 0 Å². The van der Waals surface area contributed by atoms with Gasteiger partial charge in [0, 0.05) is 36.1 Å². The molecule has 2 rings (SSSR count).